The Bertz CT molecular complexity index is 589. The predicted molar refractivity (Wildman–Crippen MR) is 75.4 cm³/mol. The van der Waals surface area contributed by atoms with Crippen molar-refractivity contribution >= 4 is 11.6 Å². The maximum atomic E-state index is 11.7. The number of carbonyl (C=O) groups excluding carboxylic acids is 1. The van der Waals surface area contributed by atoms with Gasteiger partial charge in [0.25, 0.3) is 5.91 Å². The summed E-state index contributed by atoms with van der Waals surface area (Å²) in [6.07, 6.45) is 5.49. The molecule has 0 aliphatic heterocycles. The van der Waals surface area contributed by atoms with Gasteiger partial charge < -0.3 is 15.6 Å². The number of nitrogens with one attached hydrogen (secondary N) is 1. The van der Waals surface area contributed by atoms with Crippen LogP contribution in [0.25, 0.3) is 5.69 Å². The van der Waals surface area contributed by atoms with Crippen LogP contribution in [-0.2, 0) is 6.42 Å². The van der Waals surface area contributed by atoms with Gasteiger partial charge in [0.2, 0.25) is 0 Å². The van der Waals surface area contributed by atoms with Crippen molar-refractivity contribution in [2.75, 3.05) is 12.8 Å². The summed E-state index contributed by atoms with van der Waals surface area (Å²) >= 11 is 0. The Kier molecular flexibility index (Phi) is 3.85. The molecule has 0 unspecified atom stereocenters. The zero-order valence-corrected chi connectivity index (χ0v) is 11.2. The number of anilines is 1. The average molecular weight is 258 g/mol. The van der Waals surface area contributed by atoms with Crippen LogP contribution < -0.4 is 11.1 Å². The molecule has 0 aliphatic carbocycles. The Hall–Kier alpha value is -2.30. The van der Waals surface area contributed by atoms with Gasteiger partial charge in [-0.25, -0.2) is 4.98 Å². The lowest BCUT2D eigenvalue weighted by Gasteiger charge is -2.11. The van der Waals surface area contributed by atoms with Gasteiger partial charge in [0.05, 0.1) is 11.4 Å². The van der Waals surface area contributed by atoms with Gasteiger partial charge in [-0.2, -0.15) is 0 Å². The average Bonchev–Trinajstić information content (AvgIpc) is 2.87. The van der Waals surface area contributed by atoms with Gasteiger partial charge >= 0.3 is 0 Å². The third kappa shape index (κ3) is 2.59. The van der Waals surface area contributed by atoms with E-state index in [-0.39, 0.29) is 5.91 Å². The summed E-state index contributed by atoms with van der Waals surface area (Å²) in [5, 5.41) is 2.61. The van der Waals surface area contributed by atoms with Crippen molar-refractivity contribution in [2.45, 2.75) is 19.8 Å². The summed E-state index contributed by atoms with van der Waals surface area (Å²) in [6, 6.07) is 5.25. The maximum Gasteiger partial charge on any atom is 0.251 e. The Labute approximate surface area is 112 Å². The molecule has 1 heterocycles. The molecule has 1 amide bonds. The first-order valence-corrected chi connectivity index (χ1v) is 6.31. The second kappa shape index (κ2) is 5.56. The number of nitrogen functional groups attached to an aromatic ring is 1. The molecule has 19 heavy (non-hydrogen) atoms. The van der Waals surface area contributed by atoms with Crippen LogP contribution in [0, 0.1) is 0 Å². The van der Waals surface area contributed by atoms with Crippen molar-refractivity contribution in [2.24, 2.45) is 0 Å². The first-order chi connectivity index (χ1) is 9.17. The lowest BCUT2D eigenvalue weighted by molar-refractivity contribution is 0.0963. The van der Waals surface area contributed by atoms with Crippen molar-refractivity contribution in [1.82, 2.24) is 14.9 Å². The van der Waals surface area contributed by atoms with Crippen LogP contribution in [0.15, 0.2) is 30.6 Å². The highest BCUT2D eigenvalue weighted by atomic mass is 16.1. The molecule has 100 valence electrons. The number of carbonyl (C=O) groups is 1. The molecular formula is C14H18N4O. The largest absolute Gasteiger partial charge is 0.397 e. The number of rotatable bonds is 4. The minimum atomic E-state index is -0.126. The highest BCUT2D eigenvalue weighted by Crippen LogP contribution is 2.21. The van der Waals surface area contributed by atoms with Gasteiger partial charge in [-0.1, -0.05) is 6.92 Å². The molecule has 0 bridgehead atoms. The molecule has 0 saturated carbocycles. The molecule has 3 N–H and O–H groups in total. The van der Waals surface area contributed by atoms with Crippen LogP contribution >= 0.6 is 0 Å². The zero-order chi connectivity index (χ0) is 13.8. The van der Waals surface area contributed by atoms with E-state index in [0.29, 0.717) is 11.3 Å². The van der Waals surface area contributed by atoms with Crippen LogP contribution in [0.4, 0.5) is 5.69 Å². The van der Waals surface area contributed by atoms with Gasteiger partial charge in [-0.3, -0.25) is 4.79 Å². The number of aryl methyl sites for hydroxylation is 1. The van der Waals surface area contributed by atoms with E-state index in [2.05, 4.69) is 17.2 Å². The summed E-state index contributed by atoms with van der Waals surface area (Å²) < 4.78 is 1.94. The number of hydrogen-bond donors (Lipinski definition) is 2. The molecule has 0 fully saturated rings. The Morgan fingerprint density at radius 2 is 2.26 bits per heavy atom. The summed E-state index contributed by atoms with van der Waals surface area (Å²) in [5.74, 6) is 0.821. The van der Waals surface area contributed by atoms with Gasteiger partial charge in [-0.05, 0) is 24.6 Å². The van der Waals surface area contributed by atoms with Crippen molar-refractivity contribution in [3.8, 4) is 5.69 Å². The van der Waals surface area contributed by atoms with E-state index in [1.807, 2.05) is 10.8 Å². The number of nitrogens with two attached hydrogens (primary N) is 1. The standard InChI is InChI=1S/C14H18N4O/c1-3-4-13-17-7-8-18(13)12-9-10(14(19)16-2)5-6-11(12)15/h5-9H,3-4,15H2,1-2H3,(H,16,19). The van der Waals surface area contributed by atoms with E-state index < -0.39 is 0 Å². The molecular weight excluding hydrogens is 240 g/mol. The van der Waals surface area contributed by atoms with E-state index in [4.69, 9.17) is 5.73 Å². The number of benzene rings is 1. The maximum absolute atomic E-state index is 11.7. The predicted octanol–water partition coefficient (Wildman–Crippen LogP) is 1.77. The Morgan fingerprint density at radius 1 is 1.47 bits per heavy atom. The first kappa shape index (κ1) is 13.1. The summed E-state index contributed by atoms with van der Waals surface area (Å²) in [4.78, 5) is 16.0. The summed E-state index contributed by atoms with van der Waals surface area (Å²) in [5.41, 5.74) is 8.01. The minimum Gasteiger partial charge on any atom is -0.397 e. The molecule has 2 rings (SSSR count). The van der Waals surface area contributed by atoms with Gasteiger partial charge in [0.1, 0.15) is 5.82 Å². The van der Waals surface area contributed by atoms with Crippen LogP contribution in [-0.4, -0.2) is 22.5 Å². The SMILES string of the molecule is CCCc1nccn1-c1cc(C(=O)NC)ccc1N. The summed E-state index contributed by atoms with van der Waals surface area (Å²) in [7, 11) is 1.61. The lowest BCUT2D eigenvalue weighted by Crippen LogP contribution is -2.18. The molecule has 0 spiro atoms. The fourth-order valence-corrected chi connectivity index (χ4v) is 2.00. The van der Waals surface area contributed by atoms with Crippen molar-refractivity contribution in [3.63, 3.8) is 0 Å². The van der Waals surface area contributed by atoms with Crippen molar-refractivity contribution < 1.29 is 4.79 Å². The fourth-order valence-electron chi connectivity index (χ4n) is 2.00. The third-order valence-electron chi connectivity index (χ3n) is 2.97. The number of imidazole rings is 1. The normalized spacial score (nSPS) is 10.4. The van der Waals surface area contributed by atoms with E-state index in [1.165, 1.54) is 0 Å². The van der Waals surface area contributed by atoms with E-state index in [1.54, 1.807) is 31.4 Å². The quantitative estimate of drug-likeness (QED) is 0.821. The molecule has 1 aromatic carbocycles. The topological polar surface area (TPSA) is 72.9 Å². The van der Waals surface area contributed by atoms with E-state index >= 15 is 0 Å². The first-order valence-electron chi connectivity index (χ1n) is 6.31. The molecule has 0 aliphatic rings. The molecule has 5 heteroatoms. The Balaban J connectivity index is 2.48. The van der Waals surface area contributed by atoms with Gasteiger partial charge in [-0.15, -0.1) is 0 Å². The second-order valence-corrected chi connectivity index (χ2v) is 4.32. The monoisotopic (exact) mass is 258 g/mol. The molecule has 5 nitrogen and oxygen atoms in total. The smallest absolute Gasteiger partial charge is 0.251 e. The van der Waals surface area contributed by atoms with Crippen molar-refractivity contribution in [1.29, 1.82) is 0 Å². The van der Waals surface area contributed by atoms with E-state index in [0.717, 1.165) is 24.4 Å². The number of nitrogens with zero attached hydrogens (tertiary/aromatic N) is 2. The lowest BCUT2D eigenvalue weighted by atomic mass is 10.1. The van der Waals surface area contributed by atoms with Crippen LogP contribution in [0.3, 0.4) is 0 Å². The third-order valence-corrected chi connectivity index (χ3v) is 2.97. The van der Waals surface area contributed by atoms with Gasteiger partial charge in [0.15, 0.2) is 0 Å². The van der Waals surface area contributed by atoms with Crippen LogP contribution in [0.2, 0.25) is 0 Å². The molecule has 2 aromatic rings. The Morgan fingerprint density at radius 3 is 2.95 bits per heavy atom. The number of hydrogen-bond acceptors (Lipinski definition) is 3. The van der Waals surface area contributed by atoms with Gasteiger partial charge in [0, 0.05) is 31.4 Å². The van der Waals surface area contributed by atoms with Crippen molar-refractivity contribution in [3.05, 3.63) is 42.0 Å². The molecule has 0 radical (unpaired) electrons. The number of amides is 1. The fraction of sp³-hybridized carbons (Fsp3) is 0.286. The van der Waals surface area contributed by atoms with Crippen LogP contribution in [0.5, 0.6) is 0 Å². The highest BCUT2D eigenvalue weighted by Gasteiger charge is 2.11. The summed E-state index contributed by atoms with van der Waals surface area (Å²) in [6.45, 7) is 2.10. The molecule has 0 saturated heterocycles. The zero-order valence-electron chi connectivity index (χ0n) is 11.2. The second-order valence-electron chi connectivity index (χ2n) is 4.32. The van der Waals surface area contributed by atoms with Crippen LogP contribution in [0.1, 0.15) is 29.5 Å². The molecule has 1 aromatic heterocycles. The highest BCUT2D eigenvalue weighted by molar-refractivity contribution is 5.95. The molecule has 0 atom stereocenters. The minimum absolute atomic E-state index is 0.126. The number of aromatic nitrogens is 2. The van der Waals surface area contributed by atoms with E-state index in [9.17, 15) is 4.79 Å².